The first-order valence-electron chi connectivity index (χ1n) is 13.6. The Labute approximate surface area is 193 Å². The molecule has 1 aromatic rings. The molecule has 32 heavy (non-hydrogen) atoms. The number of hydrogen-bond acceptors (Lipinski definition) is 1. The van der Waals surface area contributed by atoms with Crippen LogP contribution in [-0.4, -0.2) is 15.7 Å². The smallest absolute Gasteiger partial charge is 0.266 e. The molecule has 4 aliphatic carbocycles. The molecule has 0 amide bonds. The van der Waals surface area contributed by atoms with E-state index in [1.807, 2.05) is 6.20 Å². The van der Waals surface area contributed by atoms with Gasteiger partial charge in [-0.3, -0.25) is 4.68 Å². The molecule has 5 rings (SSSR count). The van der Waals surface area contributed by atoms with Crippen LogP contribution in [0.15, 0.2) is 12.4 Å². The zero-order valence-corrected chi connectivity index (χ0v) is 20.7. The van der Waals surface area contributed by atoms with Gasteiger partial charge in [-0.15, -0.1) is 0 Å². The van der Waals surface area contributed by atoms with E-state index in [4.69, 9.17) is 0 Å². The molecule has 0 saturated heterocycles. The van der Waals surface area contributed by atoms with Crippen LogP contribution in [0.1, 0.15) is 103 Å². The van der Waals surface area contributed by atoms with Gasteiger partial charge in [-0.25, -0.2) is 8.78 Å². The lowest BCUT2D eigenvalue weighted by atomic mass is 9.49. The van der Waals surface area contributed by atoms with Crippen LogP contribution < -0.4 is 0 Å². The molecule has 0 spiro atoms. The Balaban J connectivity index is 1.31. The van der Waals surface area contributed by atoms with E-state index in [9.17, 15) is 0 Å². The minimum atomic E-state index is -2.69. The van der Waals surface area contributed by atoms with Crippen molar-refractivity contribution in [2.75, 3.05) is 0 Å². The maximum absolute atomic E-state index is 15.8. The second kappa shape index (κ2) is 8.38. The van der Waals surface area contributed by atoms with E-state index in [0.717, 1.165) is 48.5 Å². The summed E-state index contributed by atoms with van der Waals surface area (Å²) in [5.74, 6) is 1.90. The summed E-state index contributed by atoms with van der Waals surface area (Å²) in [6.45, 7) is 8.68. The monoisotopic (exact) mass is 446 g/mol. The number of hydrogen-bond donors (Lipinski definition) is 0. The first kappa shape index (κ1) is 22.8. The van der Waals surface area contributed by atoms with Crippen LogP contribution in [0.5, 0.6) is 0 Å². The van der Waals surface area contributed by atoms with Crippen molar-refractivity contribution in [1.29, 1.82) is 0 Å². The molecule has 0 aliphatic heterocycles. The van der Waals surface area contributed by atoms with Crippen molar-refractivity contribution in [3.05, 3.63) is 18.0 Å². The highest BCUT2D eigenvalue weighted by atomic mass is 19.3. The summed E-state index contributed by atoms with van der Waals surface area (Å²) >= 11 is 0. The predicted molar refractivity (Wildman–Crippen MR) is 126 cm³/mol. The number of aromatic nitrogens is 2. The van der Waals surface area contributed by atoms with Crippen LogP contribution in [0.2, 0.25) is 0 Å². The molecule has 0 radical (unpaired) electrons. The van der Waals surface area contributed by atoms with Crippen molar-refractivity contribution in [3.8, 4) is 0 Å². The van der Waals surface area contributed by atoms with E-state index in [1.54, 1.807) is 6.20 Å². The summed E-state index contributed by atoms with van der Waals surface area (Å²) in [7, 11) is 0. The van der Waals surface area contributed by atoms with Gasteiger partial charge in [-0.05, 0) is 110 Å². The van der Waals surface area contributed by atoms with Gasteiger partial charge in [0.05, 0.1) is 6.20 Å². The Morgan fingerprint density at radius 1 is 1.09 bits per heavy atom. The third kappa shape index (κ3) is 3.76. The summed E-state index contributed by atoms with van der Waals surface area (Å²) in [6.07, 6.45) is 15.4. The molecule has 9 unspecified atom stereocenters. The Kier molecular flexibility index (Phi) is 5.98. The van der Waals surface area contributed by atoms with Crippen molar-refractivity contribution in [1.82, 2.24) is 9.78 Å². The zero-order valence-electron chi connectivity index (χ0n) is 20.7. The topological polar surface area (TPSA) is 17.8 Å². The van der Waals surface area contributed by atoms with Crippen molar-refractivity contribution >= 4 is 0 Å². The Hall–Kier alpha value is -0.930. The van der Waals surface area contributed by atoms with Crippen LogP contribution in [-0.2, 0) is 6.54 Å². The Bertz CT molecular complexity index is 803. The third-order valence-electron chi connectivity index (χ3n) is 10.9. The number of fused-ring (bicyclic) bond motifs is 5. The van der Waals surface area contributed by atoms with E-state index in [-0.39, 0.29) is 12.0 Å². The van der Waals surface area contributed by atoms with Crippen molar-refractivity contribution in [2.45, 2.75) is 110 Å². The molecular weight excluding hydrogens is 402 g/mol. The SMILES string of the molecule is CCC(C)c1cnn(CC(F)(F)C2CCC3C4CCC5CC(C)CCC5C4CCC32C)c1. The standard InChI is InChI=1S/C28H44F2N2/c1-5-19(3)21-15-31-32(16-21)17-28(29,30)26-11-10-25-24-9-7-20-14-18(2)6-8-22(20)23(24)12-13-27(25,26)4/h15-16,18-20,22-26H,5-14,17H2,1-4H3. The van der Waals surface area contributed by atoms with E-state index in [1.165, 1.54) is 43.2 Å². The summed E-state index contributed by atoms with van der Waals surface area (Å²) in [4.78, 5) is 0. The van der Waals surface area contributed by atoms with E-state index < -0.39 is 11.8 Å². The molecular formula is C28H44F2N2. The minimum absolute atomic E-state index is 0.202. The predicted octanol–water partition coefficient (Wildman–Crippen LogP) is 7.94. The lowest BCUT2D eigenvalue weighted by Crippen LogP contribution is -2.51. The van der Waals surface area contributed by atoms with Gasteiger partial charge in [0.2, 0.25) is 0 Å². The lowest BCUT2D eigenvalue weighted by Gasteiger charge is -2.56. The van der Waals surface area contributed by atoms with Crippen molar-refractivity contribution in [3.63, 3.8) is 0 Å². The molecule has 4 saturated carbocycles. The maximum Gasteiger partial charge on any atom is 0.270 e. The lowest BCUT2D eigenvalue weighted by molar-refractivity contribution is -0.144. The average Bonchev–Trinajstić information content (AvgIpc) is 3.36. The highest BCUT2D eigenvalue weighted by Gasteiger charge is 2.62. The van der Waals surface area contributed by atoms with Gasteiger partial charge >= 0.3 is 0 Å². The van der Waals surface area contributed by atoms with Gasteiger partial charge in [-0.2, -0.15) is 5.10 Å². The maximum atomic E-state index is 15.8. The highest BCUT2D eigenvalue weighted by Crippen LogP contribution is 2.66. The van der Waals surface area contributed by atoms with Crippen molar-refractivity contribution in [2.24, 2.45) is 46.8 Å². The molecule has 0 N–H and O–H groups in total. The van der Waals surface area contributed by atoms with Crippen LogP contribution in [0.4, 0.5) is 8.78 Å². The molecule has 4 heteroatoms. The van der Waals surface area contributed by atoms with Gasteiger partial charge < -0.3 is 0 Å². The van der Waals surface area contributed by atoms with E-state index in [0.29, 0.717) is 24.2 Å². The van der Waals surface area contributed by atoms with E-state index in [2.05, 4.69) is 32.8 Å². The molecule has 9 atom stereocenters. The largest absolute Gasteiger partial charge is 0.270 e. The summed E-state index contributed by atoms with van der Waals surface area (Å²) in [5, 5.41) is 4.32. The molecule has 2 nitrogen and oxygen atoms in total. The van der Waals surface area contributed by atoms with Crippen molar-refractivity contribution < 1.29 is 8.78 Å². The number of rotatable bonds is 5. The number of nitrogens with zero attached hydrogens (tertiary/aromatic N) is 2. The van der Waals surface area contributed by atoms with Gasteiger partial charge in [0.1, 0.15) is 6.54 Å². The zero-order chi connectivity index (χ0) is 22.7. The van der Waals surface area contributed by atoms with Gasteiger partial charge in [0, 0.05) is 12.1 Å². The molecule has 4 aliphatic rings. The van der Waals surface area contributed by atoms with Crippen LogP contribution >= 0.6 is 0 Å². The molecule has 0 bridgehead atoms. The summed E-state index contributed by atoms with van der Waals surface area (Å²) in [5.41, 5.74) is 0.879. The minimum Gasteiger partial charge on any atom is -0.266 e. The normalized spacial score (nSPS) is 42.8. The fourth-order valence-electron chi connectivity index (χ4n) is 9.06. The highest BCUT2D eigenvalue weighted by molar-refractivity contribution is 5.11. The van der Waals surface area contributed by atoms with Crippen LogP contribution in [0, 0.1) is 46.8 Å². The first-order valence-corrected chi connectivity index (χ1v) is 13.6. The molecule has 1 heterocycles. The number of alkyl halides is 2. The average molecular weight is 447 g/mol. The number of halogens is 2. The van der Waals surface area contributed by atoms with Gasteiger partial charge in [0.25, 0.3) is 5.92 Å². The molecule has 180 valence electrons. The second-order valence-electron chi connectivity index (χ2n) is 12.6. The summed E-state index contributed by atoms with van der Waals surface area (Å²) < 4.78 is 33.1. The van der Waals surface area contributed by atoms with Gasteiger partial charge in [-0.1, -0.05) is 34.1 Å². The van der Waals surface area contributed by atoms with E-state index >= 15 is 8.78 Å². The Morgan fingerprint density at radius 3 is 2.66 bits per heavy atom. The summed E-state index contributed by atoms with van der Waals surface area (Å²) in [6, 6.07) is 0. The quantitative estimate of drug-likeness (QED) is 0.449. The molecule has 1 aromatic heterocycles. The molecule has 0 aromatic carbocycles. The van der Waals surface area contributed by atoms with Gasteiger partial charge in [0.15, 0.2) is 0 Å². The van der Waals surface area contributed by atoms with Crippen LogP contribution in [0.25, 0.3) is 0 Å². The fraction of sp³-hybridized carbons (Fsp3) is 0.893. The first-order chi connectivity index (χ1) is 15.2. The Morgan fingerprint density at radius 2 is 1.88 bits per heavy atom. The third-order valence-corrected chi connectivity index (χ3v) is 10.9. The van der Waals surface area contributed by atoms with Crippen LogP contribution in [0.3, 0.4) is 0 Å². The molecule has 4 fully saturated rings. The fourth-order valence-corrected chi connectivity index (χ4v) is 9.06. The second-order valence-corrected chi connectivity index (χ2v) is 12.6.